The van der Waals surface area contributed by atoms with Crippen LogP contribution in [0.1, 0.15) is 119 Å². The van der Waals surface area contributed by atoms with Crippen LogP contribution < -0.4 is 4.74 Å². The van der Waals surface area contributed by atoms with Crippen LogP contribution in [0.3, 0.4) is 0 Å². The zero-order valence-electron chi connectivity index (χ0n) is 25.4. The molecule has 1 aliphatic carbocycles. The van der Waals surface area contributed by atoms with Crippen molar-refractivity contribution in [1.82, 2.24) is 0 Å². The van der Waals surface area contributed by atoms with Gasteiger partial charge in [0.2, 0.25) is 0 Å². The summed E-state index contributed by atoms with van der Waals surface area (Å²) in [7, 11) is 0. The van der Waals surface area contributed by atoms with Crippen molar-refractivity contribution in [2.24, 2.45) is 0 Å². The minimum atomic E-state index is -1.83. The van der Waals surface area contributed by atoms with Gasteiger partial charge in [-0.2, -0.15) is 0 Å². The van der Waals surface area contributed by atoms with Crippen LogP contribution in [0.25, 0.3) is 0 Å². The molecule has 0 radical (unpaired) electrons. The molecule has 1 aliphatic rings. The van der Waals surface area contributed by atoms with Crippen molar-refractivity contribution in [3.63, 3.8) is 0 Å². The fourth-order valence-corrected chi connectivity index (χ4v) is 5.41. The lowest BCUT2D eigenvalue weighted by atomic mass is 9.73. The first-order chi connectivity index (χ1) is 20.3. The third kappa shape index (κ3) is 9.04. The van der Waals surface area contributed by atoms with E-state index in [2.05, 4.69) is 13.8 Å². The normalized spacial score (nSPS) is 18.8. The van der Waals surface area contributed by atoms with Crippen molar-refractivity contribution >= 4 is 11.9 Å². The zero-order valence-corrected chi connectivity index (χ0v) is 25.4. The van der Waals surface area contributed by atoms with E-state index in [0.717, 1.165) is 56.8 Å². The topological polar surface area (TPSA) is 72.8 Å². The molecule has 0 aromatic heterocycles. The minimum Gasteiger partial charge on any atom is -0.494 e. The summed E-state index contributed by atoms with van der Waals surface area (Å²) in [5.41, 5.74) is -0.834. The number of carbonyl (C=O) groups excluding carboxylic acids is 1. The molecule has 6 heteroatoms. The van der Waals surface area contributed by atoms with Crippen LogP contribution in [0, 0.1) is 0 Å². The maximum Gasteiger partial charge on any atom is 0.338 e. The summed E-state index contributed by atoms with van der Waals surface area (Å²) in [4.78, 5) is 25.8. The van der Waals surface area contributed by atoms with Gasteiger partial charge >= 0.3 is 11.9 Å². The van der Waals surface area contributed by atoms with Crippen molar-refractivity contribution < 1.29 is 28.6 Å². The zero-order chi connectivity index (χ0) is 30.4. The van der Waals surface area contributed by atoms with Gasteiger partial charge in [0, 0.05) is 0 Å². The van der Waals surface area contributed by atoms with Gasteiger partial charge in [-0.3, -0.25) is 4.79 Å². The SMILES string of the molecule is CCCCCCCCOc1ccc(C2C=CC(C(=O)O)(c3ccccc3C(=O)OC(C)CCCCCC)C=C2F)cc1. The average Bonchev–Trinajstić information content (AvgIpc) is 2.99. The predicted octanol–water partition coefficient (Wildman–Crippen LogP) is 9.47. The van der Waals surface area contributed by atoms with Gasteiger partial charge in [-0.15, -0.1) is 0 Å². The molecule has 5 nitrogen and oxygen atoms in total. The highest BCUT2D eigenvalue weighted by Crippen LogP contribution is 2.41. The van der Waals surface area contributed by atoms with Gasteiger partial charge in [0.15, 0.2) is 0 Å². The van der Waals surface area contributed by atoms with E-state index >= 15 is 4.39 Å². The number of hydrogen-bond donors (Lipinski definition) is 1. The molecule has 3 rings (SSSR count). The second kappa shape index (κ2) is 16.9. The molecule has 42 heavy (non-hydrogen) atoms. The largest absolute Gasteiger partial charge is 0.494 e. The number of benzene rings is 2. The Kier molecular flexibility index (Phi) is 13.3. The number of carboxylic acids is 1. The van der Waals surface area contributed by atoms with Crippen LogP contribution in [0.4, 0.5) is 4.39 Å². The molecule has 0 heterocycles. The number of esters is 1. The Morgan fingerprint density at radius 2 is 1.55 bits per heavy atom. The molecule has 0 spiro atoms. The highest BCUT2D eigenvalue weighted by atomic mass is 19.1. The Balaban J connectivity index is 1.71. The summed E-state index contributed by atoms with van der Waals surface area (Å²) < 4.78 is 27.2. The molecule has 2 aromatic carbocycles. The quantitative estimate of drug-likeness (QED) is 0.108. The molecule has 0 aliphatic heterocycles. The Hall–Kier alpha value is -3.41. The van der Waals surface area contributed by atoms with Gasteiger partial charge in [0.05, 0.1) is 24.2 Å². The summed E-state index contributed by atoms with van der Waals surface area (Å²) >= 11 is 0. The first-order valence-corrected chi connectivity index (χ1v) is 15.7. The summed E-state index contributed by atoms with van der Waals surface area (Å²) in [6.45, 7) is 6.83. The van der Waals surface area contributed by atoms with Crippen LogP contribution in [0.2, 0.25) is 0 Å². The van der Waals surface area contributed by atoms with Crippen LogP contribution >= 0.6 is 0 Å². The summed E-state index contributed by atoms with van der Waals surface area (Å²) in [6.07, 6.45) is 16.0. The van der Waals surface area contributed by atoms with Gasteiger partial charge in [-0.1, -0.05) is 108 Å². The lowest BCUT2D eigenvalue weighted by Crippen LogP contribution is -2.36. The van der Waals surface area contributed by atoms with Crippen molar-refractivity contribution in [2.45, 2.75) is 109 Å². The molecule has 2 aromatic rings. The lowest BCUT2D eigenvalue weighted by molar-refractivity contribution is -0.140. The Morgan fingerprint density at radius 3 is 2.21 bits per heavy atom. The van der Waals surface area contributed by atoms with E-state index in [-0.39, 0.29) is 17.2 Å². The van der Waals surface area contributed by atoms with Gasteiger partial charge < -0.3 is 14.6 Å². The van der Waals surface area contributed by atoms with E-state index in [1.54, 1.807) is 42.5 Å². The Morgan fingerprint density at radius 1 is 0.905 bits per heavy atom. The lowest BCUT2D eigenvalue weighted by Gasteiger charge is -2.30. The number of ether oxygens (including phenoxy) is 2. The van der Waals surface area contributed by atoms with Crippen molar-refractivity contribution in [3.05, 3.63) is 89.3 Å². The Labute approximate surface area is 250 Å². The molecule has 0 bridgehead atoms. The number of aliphatic carboxylic acids is 1. The standard InChI is InChI=1S/C36H47FO5/c1-4-6-8-10-11-15-25-41-29-21-19-28(20-22-29)30-23-24-36(35(39)40,26-33(30)37)32-18-14-13-17-31(32)34(38)42-27(3)16-12-9-7-5-2/h13-14,17-24,26-27,30H,4-12,15-16,25H2,1-3H3,(H,39,40). The van der Waals surface area contributed by atoms with Gasteiger partial charge in [-0.25, -0.2) is 9.18 Å². The summed E-state index contributed by atoms with van der Waals surface area (Å²) in [5, 5.41) is 10.3. The molecule has 1 N–H and O–H groups in total. The van der Waals surface area contributed by atoms with Gasteiger partial charge in [-0.05, 0) is 61.6 Å². The van der Waals surface area contributed by atoms with E-state index in [9.17, 15) is 14.7 Å². The second-order valence-electron chi connectivity index (χ2n) is 11.3. The van der Waals surface area contributed by atoms with E-state index < -0.39 is 29.1 Å². The van der Waals surface area contributed by atoms with Crippen LogP contribution in [0.15, 0.2) is 72.6 Å². The number of allylic oxidation sites excluding steroid dienone is 2. The average molecular weight is 579 g/mol. The van der Waals surface area contributed by atoms with Crippen LogP contribution in [-0.4, -0.2) is 29.8 Å². The smallest absolute Gasteiger partial charge is 0.338 e. The number of rotatable bonds is 18. The number of hydrogen-bond acceptors (Lipinski definition) is 4. The van der Waals surface area contributed by atoms with Crippen molar-refractivity contribution in [3.8, 4) is 5.75 Å². The monoisotopic (exact) mass is 578 g/mol. The third-order valence-corrected chi connectivity index (χ3v) is 7.94. The van der Waals surface area contributed by atoms with E-state index in [1.807, 2.05) is 19.1 Å². The molecule has 0 saturated heterocycles. The van der Waals surface area contributed by atoms with Crippen LogP contribution in [-0.2, 0) is 14.9 Å². The highest BCUT2D eigenvalue weighted by Gasteiger charge is 2.42. The molecule has 3 unspecified atom stereocenters. The highest BCUT2D eigenvalue weighted by molar-refractivity contribution is 5.97. The fraction of sp³-hybridized carbons (Fsp3) is 0.500. The number of unbranched alkanes of at least 4 members (excludes halogenated alkanes) is 8. The van der Waals surface area contributed by atoms with Gasteiger partial charge in [0.25, 0.3) is 0 Å². The molecular weight excluding hydrogens is 531 g/mol. The number of carbonyl (C=O) groups is 2. The molecule has 0 saturated carbocycles. The first kappa shape index (κ1) is 33.1. The van der Waals surface area contributed by atoms with Crippen molar-refractivity contribution in [2.75, 3.05) is 6.61 Å². The minimum absolute atomic E-state index is 0.124. The fourth-order valence-electron chi connectivity index (χ4n) is 5.41. The maximum atomic E-state index is 15.7. The van der Waals surface area contributed by atoms with E-state index in [1.165, 1.54) is 31.8 Å². The second-order valence-corrected chi connectivity index (χ2v) is 11.3. The van der Waals surface area contributed by atoms with Crippen molar-refractivity contribution in [1.29, 1.82) is 0 Å². The summed E-state index contributed by atoms with van der Waals surface area (Å²) in [6, 6.07) is 13.7. The molecule has 3 atom stereocenters. The molecular formula is C36H47FO5. The molecule has 228 valence electrons. The first-order valence-electron chi connectivity index (χ1n) is 15.7. The molecule has 0 amide bonds. The van der Waals surface area contributed by atoms with E-state index in [0.29, 0.717) is 12.2 Å². The summed E-state index contributed by atoms with van der Waals surface area (Å²) in [5.74, 6) is -2.46. The Bertz CT molecular complexity index is 1200. The third-order valence-electron chi connectivity index (χ3n) is 7.94. The predicted molar refractivity (Wildman–Crippen MR) is 166 cm³/mol. The number of carboxylic acid groups (broad SMARTS) is 1. The van der Waals surface area contributed by atoms with E-state index in [4.69, 9.17) is 9.47 Å². The molecule has 0 fully saturated rings. The van der Waals surface area contributed by atoms with Gasteiger partial charge in [0.1, 0.15) is 17.0 Å². The maximum absolute atomic E-state index is 15.7. The number of halogens is 1. The van der Waals surface area contributed by atoms with Crippen LogP contribution in [0.5, 0.6) is 5.75 Å².